The summed E-state index contributed by atoms with van der Waals surface area (Å²) in [5, 5.41) is 0. The number of halogens is 1. The third-order valence-electron chi connectivity index (χ3n) is 3.53. The van der Waals surface area contributed by atoms with Crippen LogP contribution in [-0.4, -0.2) is 53.5 Å². The summed E-state index contributed by atoms with van der Waals surface area (Å²) in [6.45, 7) is 6.95. The molecule has 0 aromatic carbocycles. The second-order valence-electron chi connectivity index (χ2n) is 4.97. The molecule has 0 saturated carbocycles. The van der Waals surface area contributed by atoms with E-state index in [2.05, 4.69) is 18.7 Å². The third-order valence-corrected chi connectivity index (χ3v) is 3.53. The van der Waals surface area contributed by atoms with E-state index in [0.717, 1.165) is 32.5 Å². The van der Waals surface area contributed by atoms with Crippen molar-refractivity contribution >= 4 is 18.3 Å². The number of hydrogen-bond acceptors (Lipinski definition) is 3. The fourth-order valence-electron chi connectivity index (χ4n) is 2.64. The van der Waals surface area contributed by atoms with Gasteiger partial charge in [0.2, 0.25) is 5.91 Å². The molecule has 2 heterocycles. The van der Waals surface area contributed by atoms with Gasteiger partial charge in [-0.25, -0.2) is 0 Å². The summed E-state index contributed by atoms with van der Waals surface area (Å²) in [5.41, 5.74) is 5.87. The zero-order valence-electron chi connectivity index (χ0n) is 10.1. The van der Waals surface area contributed by atoms with Crippen LogP contribution in [0.5, 0.6) is 0 Å². The molecule has 0 aromatic heterocycles. The van der Waals surface area contributed by atoms with Gasteiger partial charge in [0.05, 0.1) is 6.04 Å². The van der Waals surface area contributed by atoms with Gasteiger partial charge in [0.1, 0.15) is 0 Å². The summed E-state index contributed by atoms with van der Waals surface area (Å²) in [6.07, 6.45) is 2.01. The standard InChI is InChI=1S/C11H21N3O.ClH/c1-8(2)14-6-4-10(11(14)15)13-5-3-9(12)7-13;/h8-10H,3-7,12H2,1-2H3;1H/t9-,10?;/m1./s1. The Labute approximate surface area is 104 Å². The highest BCUT2D eigenvalue weighted by molar-refractivity contribution is 5.85. The summed E-state index contributed by atoms with van der Waals surface area (Å²) >= 11 is 0. The maximum Gasteiger partial charge on any atom is 0.240 e. The molecule has 2 fully saturated rings. The van der Waals surface area contributed by atoms with Gasteiger partial charge in [-0.1, -0.05) is 0 Å². The first-order valence-corrected chi connectivity index (χ1v) is 5.89. The van der Waals surface area contributed by atoms with Gasteiger partial charge in [0.25, 0.3) is 0 Å². The van der Waals surface area contributed by atoms with Crippen LogP contribution in [0.25, 0.3) is 0 Å². The molecule has 0 aliphatic carbocycles. The average Bonchev–Trinajstić information content (AvgIpc) is 2.71. The van der Waals surface area contributed by atoms with Crippen LogP contribution in [0.2, 0.25) is 0 Å². The van der Waals surface area contributed by atoms with Crippen LogP contribution >= 0.6 is 12.4 Å². The summed E-state index contributed by atoms with van der Waals surface area (Å²) < 4.78 is 0. The van der Waals surface area contributed by atoms with Gasteiger partial charge in [-0.3, -0.25) is 9.69 Å². The highest BCUT2D eigenvalue weighted by Gasteiger charge is 2.38. The minimum absolute atomic E-state index is 0. The Morgan fingerprint density at radius 2 is 2.00 bits per heavy atom. The number of amides is 1. The summed E-state index contributed by atoms with van der Waals surface area (Å²) in [6, 6.07) is 0.714. The fourth-order valence-corrected chi connectivity index (χ4v) is 2.64. The van der Waals surface area contributed by atoms with Gasteiger partial charge in [0, 0.05) is 31.7 Å². The van der Waals surface area contributed by atoms with E-state index in [-0.39, 0.29) is 24.5 Å². The minimum atomic E-state index is 0. The van der Waals surface area contributed by atoms with Gasteiger partial charge < -0.3 is 10.6 Å². The minimum Gasteiger partial charge on any atom is -0.339 e. The molecule has 4 nitrogen and oxygen atoms in total. The predicted octanol–water partition coefficient (Wildman–Crippen LogP) is 0.451. The van der Waals surface area contributed by atoms with Crippen LogP contribution in [0.1, 0.15) is 26.7 Å². The van der Waals surface area contributed by atoms with E-state index in [1.807, 2.05) is 4.90 Å². The zero-order valence-corrected chi connectivity index (χ0v) is 10.9. The third kappa shape index (κ3) is 2.50. The van der Waals surface area contributed by atoms with Gasteiger partial charge in [-0.15, -0.1) is 12.4 Å². The normalized spacial score (nSPS) is 31.2. The largest absolute Gasteiger partial charge is 0.339 e. The van der Waals surface area contributed by atoms with Crippen molar-refractivity contribution in [1.29, 1.82) is 0 Å². The van der Waals surface area contributed by atoms with Crippen LogP contribution in [0.3, 0.4) is 0 Å². The predicted molar refractivity (Wildman–Crippen MR) is 66.7 cm³/mol. The van der Waals surface area contributed by atoms with Crippen molar-refractivity contribution in [3.05, 3.63) is 0 Å². The molecule has 0 spiro atoms. The molecule has 1 unspecified atom stereocenters. The zero-order chi connectivity index (χ0) is 11.0. The Hall–Kier alpha value is -0.320. The molecule has 1 amide bonds. The lowest BCUT2D eigenvalue weighted by molar-refractivity contribution is -0.133. The van der Waals surface area contributed by atoms with E-state index in [1.54, 1.807) is 0 Å². The number of nitrogens with two attached hydrogens (primary N) is 1. The maximum atomic E-state index is 12.1. The lowest BCUT2D eigenvalue weighted by Crippen LogP contribution is -2.43. The van der Waals surface area contributed by atoms with Gasteiger partial charge in [-0.2, -0.15) is 0 Å². The van der Waals surface area contributed by atoms with Gasteiger partial charge >= 0.3 is 0 Å². The molecule has 94 valence electrons. The molecule has 2 N–H and O–H groups in total. The Kier molecular flexibility index (Phi) is 4.59. The van der Waals surface area contributed by atoms with E-state index in [4.69, 9.17) is 5.73 Å². The number of nitrogens with zero attached hydrogens (tertiary/aromatic N) is 2. The maximum absolute atomic E-state index is 12.1. The highest BCUT2D eigenvalue weighted by Crippen LogP contribution is 2.22. The van der Waals surface area contributed by atoms with Crippen LogP contribution in [0.4, 0.5) is 0 Å². The molecule has 16 heavy (non-hydrogen) atoms. The number of hydrogen-bond donors (Lipinski definition) is 1. The van der Waals surface area contributed by atoms with E-state index in [1.165, 1.54) is 0 Å². The molecule has 2 aliphatic rings. The Morgan fingerprint density at radius 1 is 1.31 bits per heavy atom. The van der Waals surface area contributed by atoms with Crippen LogP contribution in [0.15, 0.2) is 0 Å². The van der Waals surface area contributed by atoms with E-state index < -0.39 is 0 Å². The number of carbonyl (C=O) groups excluding carboxylic acids is 1. The van der Waals surface area contributed by atoms with Crippen molar-refractivity contribution in [2.45, 2.75) is 44.8 Å². The average molecular weight is 248 g/mol. The Bertz CT molecular complexity index is 260. The lowest BCUT2D eigenvalue weighted by atomic mass is 10.2. The van der Waals surface area contributed by atoms with Crippen LogP contribution in [0, 0.1) is 0 Å². The Morgan fingerprint density at radius 3 is 2.44 bits per heavy atom. The second-order valence-corrected chi connectivity index (χ2v) is 4.97. The van der Waals surface area contributed by atoms with E-state index in [9.17, 15) is 4.79 Å². The Balaban J connectivity index is 0.00000128. The quantitative estimate of drug-likeness (QED) is 0.771. The van der Waals surface area contributed by atoms with Crippen molar-refractivity contribution < 1.29 is 4.79 Å². The first-order valence-electron chi connectivity index (χ1n) is 5.89. The van der Waals surface area contributed by atoms with Crippen molar-refractivity contribution in [1.82, 2.24) is 9.80 Å². The molecule has 2 rings (SSSR count). The molecule has 2 atom stereocenters. The summed E-state index contributed by atoms with van der Waals surface area (Å²) in [4.78, 5) is 16.3. The van der Waals surface area contributed by atoms with Crippen LogP contribution in [-0.2, 0) is 4.79 Å². The molecular formula is C11H22ClN3O. The fraction of sp³-hybridized carbons (Fsp3) is 0.909. The number of rotatable bonds is 2. The second kappa shape index (κ2) is 5.34. The van der Waals surface area contributed by atoms with Crippen LogP contribution < -0.4 is 5.73 Å². The highest BCUT2D eigenvalue weighted by atomic mass is 35.5. The molecule has 0 aromatic rings. The monoisotopic (exact) mass is 247 g/mol. The molecular weight excluding hydrogens is 226 g/mol. The van der Waals surface area contributed by atoms with Gasteiger partial charge in [0.15, 0.2) is 0 Å². The van der Waals surface area contributed by atoms with E-state index >= 15 is 0 Å². The molecule has 0 bridgehead atoms. The van der Waals surface area contributed by atoms with Crippen molar-refractivity contribution in [3.63, 3.8) is 0 Å². The molecule has 0 radical (unpaired) electrons. The first-order chi connectivity index (χ1) is 7.09. The first kappa shape index (κ1) is 13.7. The van der Waals surface area contributed by atoms with Gasteiger partial charge in [-0.05, 0) is 26.7 Å². The smallest absolute Gasteiger partial charge is 0.240 e. The van der Waals surface area contributed by atoms with Crippen molar-refractivity contribution in [2.24, 2.45) is 5.73 Å². The number of carbonyl (C=O) groups is 1. The lowest BCUT2D eigenvalue weighted by Gasteiger charge is -2.25. The topological polar surface area (TPSA) is 49.6 Å². The summed E-state index contributed by atoms with van der Waals surface area (Å²) in [5.74, 6) is 0.305. The molecule has 2 aliphatic heterocycles. The van der Waals surface area contributed by atoms with Crippen molar-refractivity contribution in [2.75, 3.05) is 19.6 Å². The number of likely N-dealkylation sites (tertiary alicyclic amines) is 2. The van der Waals surface area contributed by atoms with Crippen molar-refractivity contribution in [3.8, 4) is 0 Å². The van der Waals surface area contributed by atoms with E-state index in [0.29, 0.717) is 11.9 Å². The molecule has 2 saturated heterocycles. The summed E-state index contributed by atoms with van der Waals surface area (Å²) in [7, 11) is 0. The SMILES string of the molecule is CC(C)N1CCC(N2CC[C@@H](N)C2)C1=O.Cl. The molecule has 5 heteroatoms.